The van der Waals surface area contributed by atoms with Gasteiger partial charge in [0.15, 0.2) is 0 Å². The summed E-state index contributed by atoms with van der Waals surface area (Å²) in [6.07, 6.45) is 4.71. The zero-order valence-electron chi connectivity index (χ0n) is 18.1. The van der Waals surface area contributed by atoms with Gasteiger partial charge in [-0.25, -0.2) is 9.59 Å². The maximum absolute atomic E-state index is 12.8. The molecule has 0 aliphatic heterocycles. The molecule has 1 aromatic rings. The zero-order valence-corrected chi connectivity index (χ0v) is 18.9. The van der Waals surface area contributed by atoms with Crippen molar-refractivity contribution < 1.29 is 28.7 Å². The van der Waals surface area contributed by atoms with Crippen LogP contribution in [0.25, 0.3) is 0 Å². The van der Waals surface area contributed by atoms with Crippen molar-refractivity contribution in [3.05, 3.63) is 34.9 Å². The number of alkyl carbamates (subject to hydrolysis) is 2. The Morgan fingerprint density at radius 3 is 2.53 bits per heavy atom. The van der Waals surface area contributed by atoms with E-state index in [0.717, 1.165) is 32.1 Å². The number of amides is 3. The molecule has 2 rings (SSSR count). The molecule has 32 heavy (non-hydrogen) atoms. The fourth-order valence-electron chi connectivity index (χ4n) is 3.58. The third kappa shape index (κ3) is 9.13. The van der Waals surface area contributed by atoms with Gasteiger partial charge >= 0.3 is 12.2 Å². The molecule has 0 aromatic heterocycles. The second-order valence-corrected chi connectivity index (χ2v) is 8.18. The highest BCUT2D eigenvalue weighted by Gasteiger charge is 2.28. The van der Waals surface area contributed by atoms with Crippen molar-refractivity contribution in [2.24, 2.45) is 5.92 Å². The molecule has 10 heteroatoms. The van der Waals surface area contributed by atoms with Crippen molar-refractivity contribution in [2.45, 2.75) is 57.2 Å². The number of aldehydes is 1. The molecular formula is C22H30ClN3O6. The quantitative estimate of drug-likeness (QED) is 0.454. The van der Waals surface area contributed by atoms with Crippen molar-refractivity contribution in [1.29, 1.82) is 0 Å². The van der Waals surface area contributed by atoms with Crippen LogP contribution in [0.2, 0.25) is 5.02 Å². The number of carbonyl (C=O) groups excluding carboxylic acids is 4. The molecule has 0 spiro atoms. The van der Waals surface area contributed by atoms with Crippen molar-refractivity contribution in [3.8, 4) is 0 Å². The minimum Gasteiger partial charge on any atom is -0.447 e. The molecule has 1 saturated carbocycles. The van der Waals surface area contributed by atoms with Crippen LogP contribution in [0.4, 0.5) is 9.59 Å². The van der Waals surface area contributed by atoms with Gasteiger partial charge in [-0.15, -0.1) is 0 Å². The van der Waals surface area contributed by atoms with Crippen LogP contribution in [-0.2, 0) is 25.7 Å². The Balaban J connectivity index is 1.96. The number of carbonyl (C=O) groups is 4. The first-order valence-electron chi connectivity index (χ1n) is 10.7. The molecular weight excluding hydrogens is 438 g/mol. The van der Waals surface area contributed by atoms with Crippen LogP contribution >= 0.6 is 11.6 Å². The van der Waals surface area contributed by atoms with E-state index in [4.69, 9.17) is 21.1 Å². The fraction of sp³-hybridized carbons (Fsp3) is 0.545. The second kappa shape index (κ2) is 13.6. The third-order valence-electron chi connectivity index (χ3n) is 5.25. The highest BCUT2D eigenvalue weighted by Crippen LogP contribution is 2.27. The molecule has 3 N–H and O–H groups in total. The monoisotopic (exact) mass is 467 g/mol. The van der Waals surface area contributed by atoms with Gasteiger partial charge in [-0.2, -0.15) is 0 Å². The summed E-state index contributed by atoms with van der Waals surface area (Å²) in [4.78, 5) is 47.8. The number of hydrogen-bond acceptors (Lipinski definition) is 6. The maximum atomic E-state index is 12.8. The third-order valence-corrected chi connectivity index (χ3v) is 5.49. The molecule has 0 radical (unpaired) electrons. The molecule has 0 heterocycles. The summed E-state index contributed by atoms with van der Waals surface area (Å²) in [5.74, 6) is -0.252. The van der Waals surface area contributed by atoms with E-state index >= 15 is 0 Å². The molecule has 1 fully saturated rings. The summed E-state index contributed by atoms with van der Waals surface area (Å²) in [5, 5.41) is 7.92. The van der Waals surface area contributed by atoms with Gasteiger partial charge in [0, 0.05) is 12.1 Å². The SMILES string of the molecule is CNC(=O)OCC(C=O)NC(=O)C(CC1CCCCC1)NC(=O)OCc1cccc(Cl)c1. The molecule has 1 aliphatic carbocycles. The number of hydrogen-bond donors (Lipinski definition) is 3. The maximum Gasteiger partial charge on any atom is 0.408 e. The number of rotatable bonds is 10. The van der Waals surface area contributed by atoms with Crippen LogP contribution in [0.1, 0.15) is 44.1 Å². The van der Waals surface area contributed by atoms with Crippen molar-refractivity contribution >= 4 is 36.0 Å². The molecule has 1 aliphatic rings. The topological polar surface area (TPSA) is 123 Å². The normalized spacial score (nSPS) is 15.7. The lowest BCUT2D eigenvalue weighted by molar-refractivity contribution is -0.126. The van der Waals surface area contributed by atoms with E-state index in [9.17, 15) is 19.2 Å². The van der Waals surface area contributed by atoms with Gasteiger partial charge in [-0.3, -0.25) is 4.79 Å². The van der Waals surface area contributed by atoms with Crippen LogP contribution in [0.15, 0.2) is 24.3 Å². The molecule has 0 bridgehead atoms. The lowest BCUT2D eigenvalue weighted by atomic mass is 9.84. The van der Waals surface area contributed by atoms with Crippen LogP contribution in [0.3, 0.4) is 0 Å². The lowest BCUT2D eigenvalue weighted by Crippen LogP contribution is -2.52. The summed E-state index contributed by atoms with van der Waals surface area (Å²) in [7, 11) is 1.38. The summed E-state index contributed by atoms with van der Waals surface area (Å²) in [6.45, 7) is -0.314. The summed E-state index contributed by atoms with van der Waals surface area (Å²) >= 11 is 5.94. The fourth-order valence-corrected chi connectivity index (χ4v) is 3.80. The Hall–Kier alpha value is -2.81. The van der Waals surface area contributed by atoms with E-state index < -0.39 is 30.2 Å². The van der Waals surface area contributed by atoms with Crippen molar-refractivity contribution in [2.75, 3.05) is 13.7 Å². The van der Waals surface area contributed by atoms with Crippen molar-refractivity contribution in [3.63, 3.8) is 0 Å². The van der Waals surface area contributed by atoms with Gasteiger partial charge in [-0.1, -0.05) is 55.8 Å². The standard InChI is InChI=1S/C22H30ClN3O6/c1-24-21(29)32-14-18(12-27)25-20(28)19(11-15-6-3-2-4-7-15)26-22(30)31-13-16-8-5-9-17(23)10-16/h5,8-10,12,15,18-19H,2-4,6-7,11,13-14H2,1H3,(H,24,29)(H,25,28)(H,26,30). The number of halogens is 1. The Bertz CT molecular complexity index is 785. The summed E-state index contributed by atoms with van der Waals surface area (Å²) in [5.41, 5.74) is 0.716. The van der Waals surface area contributed by atoms with E-state index in [-0.39, 0.29) is 19.1 Å². The number of ether oxygens (including phenoxy) is 2. The molecule has 176 valence electrons. The van der Waals surface area contributed by atoms with E-state index in [2.05, 4.69) is 16.0 Å². The Labute approximate surface area is 192 Å². The highest BCUT2D eigenvalue weighted by molar-refractivity contribution is 6.30. The first kappa shape index (κ1) is 25.5. The Morgan fingerprint density at radius 2 is 1.88 bits per heavy atom. The predicted octanol–water partition coefficient (Wildman–Crippen LogP) is 2.94. The lowest BCUT2D eigenvalue weighted by Gasteiger charge is -2.27. The molecule has 2 atom stereocenters. The van der Waals surface area contributed by atoms with E-state index in [1.54, 1.807) is 24.3 Å². The minimum atomic E-state index is -1.03. The van der Waals surface area contributed by atoms with Gasteiger partial charge in [0.1, 0.15) is 31.6 Å². The van der Waals surface area contributed by atoms with Gasteiger partial charge in [0.25, 0.3) is 0 Å². The van der Waals surface area contributed by atoms with Crippen LogP contribution in [-0.4, -0.2) is 50.1 Å². The average Bonchev–Trinajstić information content (AvgIpc) is 2.80. The average molecular weight is 468 g/mol. The molecule has 9 nitrogen and oxygen atoms in total. The smallest absolute Gasteiger partial charge is 0.408 e. The molecule has 1 aromatic carbocycles. The first-order valence-corrected chi connectivity index (χ1v) is 11.1. The van der Waals surface area contributed by atoms with Gasteiger partial charge < -0.3 is 30.2 Å². The zero-order chi connectivity index (χ0) is 23.3. The molecule has 3 amide bonds. The van der Waals surface area contributed by atoms with E-state index in [1.807, 2.05) is 0 Å². The predicted molar refractivity (Wildman–Crippen MR) is 118 cm³/mol. The van der Waals surface area contributed by atoms with Crippen LogP contribution in [0, 0.1) is 5.92 Å². The molecule has 0 saturated heterocycles. The largest absolute Gasteiger partial charge is 0.447 e. The van der Waals surface area contributed by atoms with Crippen LogP contribution < -0.4 is 16.0 Å². The Kier molecular flexibility index (Phi) is 10.8. The number of benzene rings is 1. The van der Waals surface area contributed by atoms with Gasteiger partial charge in [-0.05, 0) is 30.0 Å². The highest BCUT2D eigenvalue weighted by atomic mass is 35.5. The second-order valence-electron chi connectivity index (χ2n) is 7.74. The van der Waals surface area contributed by atoms with Crippen LogP contribution in [0.5, 0.6) is 0 Å². The first-order chi connectivity index (χ1) is 15.4. The summed E-state index contributed by atoms with van der Waals surface area (Å²) < 4.78 is 10.1. The van der Waals surface area contributed by atoms with Crippen molar-refractivity contribution in [1.82, 2.24) is 16.0 Å². The summed E-state index contributed by atoms with van der Waals surface area (Å²) in [6, 6.07) is 5.01. The van der Waals surface area contributed by atoms with Gasteiger partial charge in [0.05, 0.1) is 0 Å². The van der Waals surface area contributed by atoms with Gasteiger partial charge in [0.2, 0.25) is 5.91 Å². The Morgan fingerprint density at radius 1 is 1.12 bits per heavy atom. The van der Waals surface area contributed by atoms with E-state index in [1.165, 1.54) is 7.05 Å². The number of nitrogens with one attached hydrogen (secondary N) is 3. The minimum absolute atomic E-state index is 0.00108. The molecule has 2 unspecified atom stereocenters. The van der Waals surface area contributed by atoms with E-state index in [0.29, 0.717) is 23.3 Å².